The third kappa shape index (κ3) is 6.57. The first-order valence-corrected chi connectivity index (χ1v) is 12.8. The van der Waals surface area contributed by atoms with Crippen LogP contribution in [0.2, 0.25) is 0 Å². The summed E-state index contributed by atoms with van der Waals surface area (Å²) in [5.74, 6) is 1.46. The highest BCUT2D eigenvalue weighted by Crippen LogP contribution is 2.44. The van der Waals surface area contributed by atoms with Gasteiger partial charge in [0.25, 0.3) is 0 Å². The number of rotatable bonds is 8. The van der Waals surface area contributed by atoms with Crippen LogP contribution in [0.4, 0.5) is 18.9 Å². The minimum absolute atomic E-state index is 0.0613. The Balaban J connectivity index is 0.00000127. The molecule has 2 N–H and O–H groups in total. The fourth-order valence-corrected chi connectivity index (χ4v) is 4.83. The number of alkyl halides is 3. The van der Waals surface area contributed by atoms with Crippen molar-refractivity contribution in [1.29, 1.82) is 0 Å². The molecule has 0 spiro atoms. The van der Waals surface area contributed by atoms with Crippen LogP contribution in [-0.4, -0.2) is 32.9 Å². The summed E-state index contributed by atoms with van der Waals surface area (Å²) in [6, 6.07) is 6.32. The zero-order valence-corrected chi connectivity index (χ0v) is 22.3. The number of allylic oxidation sites excluding steroid dienone is 3. The number of benzene rings is 1. The number of anilines is 1. The lowest BCUT2D eigenvalue weighted by Crippen LogP contribution is -2.26. The van der Waals surface area contributed by atoms with Gasteiger partial charge in [0.15, 0.2) is 0 Å². The van der Waals surface area contributed by atoms with Crippen molar-refractivity contribution in [2.45, 2.75) is 51.1 Å². The van der Waals surface area contributed by atoms with Crippen molar-refractivity contribution in [3.63, 3.8) is 0 Å². The van der Waals surface area contributed by atoms with E-state index in [0.717, 1.165) is 54.4 Å². The average molecular weight is 527 g/mol. The van der Waals surface area contributed by atoms with Crippen LogP contribution in [-0.2, 0) is 13.5 Å². The van der Waals surface area contributed by atoms with Gasteiger partial charge in [0.1, 0.15) is 12.2 Å². The molecule has 2 heterocycles. The second-order valence-corrected chi connectivity index (χ2v) is 9.52. The quantitative estimate of drug-likeness (QED) is 0.424. The fourth-order valence-electron chi connectivity index (χ4n) is 4.83. The van der Waals surface area contributed by atoms with Gasteiger partial charge in [0, 0.05) is 44.3 Å². The molecule has 9 heteroatoms. The lowest BCUT2D eigenvalue weighted by Gasteiger charge is -2.34. The SMILES string of the molecule is C=CN.C=CN(/C=C1/C(C(F)(F)F)=CC=CN1C)c1cc(CCC)cc(C(c2nncn2C)C2CCC2)c1. The molecule has 1 aliphatic heterocycles. The lowest BCUT2D eigenvalue weighted by atomic mass is 9.72. The van der Waals surface area contributed by atoms with Gasteiger partial charge in [-0.05, 0) is 66.8 Å². The molecule has 1 aromatic heterocycles. The number of nitrogens with two attached hydrogens (primary N) is 1. The number of aryl methyl sites for hydroxylation is 2. The normalized spacial score (nSPS) is 17.3. The van der Waals surface area contributed by atoms with Crippen LogP contribution >= 0.6 is 0 Å². The summed E-state index contributed by atoms with van der Waals surface area (Å²) in [5, 5.41) is 8.54. The first-order chi connectivity index (χ1) is 18.1. The zero-order valence-electron chi connectivity index (χ0n) is 22.3. The van der Waals surface area contributed by atoms with Crippen molar-refractivity contribution in [2.24, 2.45) is 18.7 Å². The number of hydrogen-bond donors (Lipinski definition) is 1. The first-order valence-electron chi connectivity index (χ1n) is 12.8. The Bertz CT molecular complexity index is 1200. The zero-order chi connectivity index (χ0) is 27.9. The highest BCUT2D eigenvalue weighted by atomic mass is 19.4. The molecule has 204 valence electrons. The largest absolute Gasteiger partial charge is 0.418 e. The molecule has 1 fully saturated rings. The molecule has 38 heavy (non-hydrogen) atoms. The van der Waals surface area contributed by atoms with Crippen LogP contribution in [0.25, 0.3) is 0 Å². The van der Waals surface area contributed by atoms with Gasteiger partial charge in [0.05, 0.1) is 11.3 Å². The summed E-state index contributed by atoms with van der Waals surface area (Å²) in [7, 11) is 3.57. The summed E-state index contributed by atoms with van der Waals surface area (Å²) in [5.41, 5.74) is 7.02. The molecule has 6 nitrogen and oxygen atoms in total. The number of nitrogens with zero attached hydrogens (tertiary/aromatic N) is 5. The third-order valence-corrected chi connectivity index (χ3v) is 6.83. The van der Waals surface area contributed by atoms with Gasteiger partial charge in [-0.3, -0.25) is 0 Å². The van der Waals surface area contributed by atoms with Crippen LogP contribution in [0.5, 0.6) is 0 Å². The lowest BCUT2D eigenvalue weighted by molar-refractivity contribution is -0.0910. The van der Waals surface area contributed by atoms with Gasteiger partial charge < -0.3 is 20.1 Å². The molecule has 2 aliphatic rings. The Kier molecular flexibility index (Phi) is 9.61. The van der Waals surface area contributed by atoms with Gasteiger partial charge in [-0.1, -0.05) is 39.0 Å². The van der Waals surface area contributed by atoms with E-state index < -0.39 is 11.7 Å². The van der Waals surface area contributed by atoms with Crippen LogP contribution in [0.15, 0.2) is 85.9 Å². The molecule has 2 aromatic rings. The highest BCUT2D eigenvalue weighted by molar-refractivity contribution is 5.59. The van der Waals surface area contributed by atoms with Crippen LogP contribution < -0.4 is 10.6 Å². The maximum absolute atomic E-state index is 13.8. The molecule has 4 rings (SSSR count). The predicted octanol–water partition coefficient (Wildman–Crippen LogP) is 6.53. The van der Waals surface area contributed by atoms with Crippen molar-refractivity contribution in [3.8, 4) is 0 Å². The molecular formula is C29H37F3N6. The third-order valence-electron chi connectivity index (χ3n) is 6.83. The predicted molar refractivity (Wildman–Crippen MR) is 147 cm³/mol. The van der Waals surface area contributed by atoms with E-state index in [4.69, 9.17) is 0 Å². The summed E-state index contributed by atoms with van der Waals surface area (Å²) in [6.45, 7) is 9.17. The Labute approximate surface area is 223 Å². The van der Waals surface area contributed by atoms with Gasteiger partial charge >= 0.3 is 6.18 Å². The topological polar surface area (TPSA) is 63.2 Å². The smallest absolute Gasteiger partial charge is 0.405 e. The number of halogens is 3. The minimum Gasteiger partial charge on any atom is -0.405 e. The maximum Gasteiger partial charge on any atom is 0.418 e. The second kappa shape index (κ2) is 12.7. The monoisotopic (exact) mass is 526 g/mol. The van der Waals surface area contributed by atoms with E-state index in [-0.39, 0.29) is 11.6 Å². The molecule has 0 saturated heterocycles. The molecule has 0 amide bonds. The molecule has 1 aromatic carbocycles. The second-order valence-electron chi connectivity index (χ2n) is 9.52. The fraction of sp³-hybridized carbons (Fsp3) is 0.379. The van der Waals surface area contributed by atoms with E-state index in [1.165, 1.54) is 29.8 Å². The van der Waals surface area contributed by atoms with Gasteiger partial charge in [-0.15, -0.1) is 10.2 Å². The molecule has 1 saturated carbocycles. The van der Waals surface area contributed by atoms with Crippen molar-refractivity contribution in [1.82, 2.24) is 19.7 Å². The molecule has 1 aliphatic carbocycles. The highest BCUT2D eigenvalue weighted by Gasteiger charge is 2.38. The standard InChI is InChI=1S/C27H32F3N5.C2H5N/c1-5-9-19-14-21(25(20-10-7-11-20)26-32-31-18-34(26)4)16-22(15-19)35(6-2)17-24-23(27(28,29)30)12-8-13-33(24)3;1-2-3/h6,8,12-18,20,25H,2,5,7,9-11H2,1,3-4H3;2H,1,3H2/b24-17-;. The van der Waals surface area contributed by atoms with Crippen LogP contribution in [0.1, 0.15) is 55.5 Å². The summed E-state index contributed by atoms with van der Waals surface area (Å²) >= 11 is 0. The maximum atomic E-state index is 13.8. The molecule has 0 bridgehead atoms. The number of likely N-dealkylation sites (N-methyl/N-ethyl adjacent to an activating group) is 1. The summed E-state index contributed by atoms with van der Waals surface area (Å²) < 4.78 is 43.2. The van der Waals surface area contributed by atoms with E-state index in [1.54, 1.807) is 30.7 Å². The Hall–Kier alpha value is -3.75. The molecular weight excluding hydrogens is 489 g/mol. The minimum atomic E-state index is -4.46. The van der Waals surface area contributed by atoms with Crippen LogP contribution in [0.3, 0.4) is 0 Å². The summed E-state index contributed by atoms with van der Waals surface area (Å²) in [6.07, 6.45) is 11.0. The average Bonchev–Trinajstić information content (AvgIpc) is 3.25. The van der Waals surface area contributed by atoms with Crippen molar-refractivity contribution < 1.29 is 13.2 Å². The van der Waals surface area contributed by atoms with Crippen molar-refractivity contribution in [3.05, 3.63) is 103 Å². The Morgan fingerprint density at radius 1 is 1.21 bits per heavy atom. The first kappa shape index (κ1) is 28.8. The van der Waals surface area contributed by atoms with Gasteiger partial charge in [-0.25, -0.2) is 0 Å². The van der Waals surface area contributed by atoms with Crippen molar-refractivity contribution >= 4 is 5.69 Å². The van der Waals surface area contributed by atoms with Crippen molar-refractivity contribution in [2.75, 3.05) is 11.9 Å². The van der Waals surface area contributed by atoms with E-state index in [1.807, 2.05) is 17.7 Å². The number of aromatic nitrogens is 3. The van der Waals surface area contributed by atoms with Crippen LogP contribution in [0, 0.1) is 5.92 Å². The Morgan fingerprint density at radius 3 is 2.45 bits per heavy atom. The molecule has 1 unspecified atom stereocenters. The van der Waals surface area contributed by atoms with Gasteiger partial charge in [-0.2, -0.15) is 13.2 Å². The summed E-state index contributed by atoms with van der Waals surface area (Å²) in [4.78, 5) is 3.16. The molecule has 0 radical (unpaired) electrons. The van der Waals surface area contributed by atoms with E-state index in [9.17, 15) is 13.2 Å². The van der Waals surface area contributed by atoms with E-state index >= 15 is 0 Å². The number of hydrogen-bond acceptors (Lipinski definition) is 5. The Morgan fingerprint density at radius 2 is 1.92 bits per heavy atom. The van der Waals surface area contributed by atoms with E-state index in [0.29, 0.717) is 5.92 Å². The van der Waals surface area contributed by atoms with E-state index in [2.05, 4.69) is 48.1 Å². The van der Waals surface area contributed by atoms with Gasteiger partial charge in [0.2, 0.25) is 0 Å². The molecule has 1 atom stereocenters.